The summed E-state index contributed by atoms with van der Waals surface area (Å²) in [6, 6.07) is 15.0. The van der Waals surface area contributed by atoms with E-state index < -0.39 is 0 Å². The predicted octanol–water partition coefficient (Wildman–Crippen LogP) is 6.51. The Labute approximate surface area is 188 Å². The van der Waals surface area contributed by atoms with E-state index >= 15 is 0 Å². The minimum Gasteiger partial charge on any atom is -0.372 e. The van der Waals surface area contributed by atoms with Crippen LogP contribution in [-0.2, 0) is 0 Å². The first-order chi connectivity index (χ1) is 15.0. The topological polar surface area (TPSA) is 46.0 Å². The van der Waals surface area contributed by atoms with E-state index in [2.05, 4.69) is 94.6 Å². The zero-order valence-corrected chi connectivity index (χ0v) is 19.6. The van der Waals surface area contributed by atoms with E-state index in [1.807, 2.05) is 13.8 Å². The van der Waals surface area contributed by atoms with Gasteiger partial charge in [0, 0.05) is 47.3 Å². The van der Waals surface area contributed by atoms with Gasteiger partial charge in [0.15, 0.2) is 5.13 Å². The molecule has 2 heterocycles. The molecule has 0 saturated carbocycles. The van der Waals surface area contributed by atoms with Gasteiger partial charge in [-0.25, -0.2) is 9.97 Å². The van der Waals surface area contributed by atoms with Crippen LogP contribution in [0.3, 0.4) is 0 Å². The van der Waals surface area contributed by atoms with Crippen molar-refractivity contribution in [3.8, 4) is 16.9 Å². The number of rotatable bonds is 7. The zero-order valence-electron chi connectivity index (χ0n) is 18.8. The van der Waals surface area contributed by atoms with Crippen molar-refractivity contribution in [3.05, 3.63) is 71.1 Å². The second-order valence-corrected chi connectivity index (χ2v) is 8.54. The molecule has 4 aromatic rings. The monoisotopic (exact) mass is 431 g/mol. The fraction of sp³-hybridized carbons (Fsp3) is 0.280. The Bertz CT molecular complexity index is 1170. The predicted molar refractivity (Wildman–Crippen MR) is 132 cm³/mol. The van der Waals surface area contributed by atoms with Gasteiger partial charge in [-0.15, -0.1) is 11.3 Å². The molecular weight excluding hydrogens is 402 g/mol. The number of aromatic nitrogens is 3. The Hall–Kier alpha value is -3.12. The number of thiazole rings is 1. The molecule has 6 heteroatoms. The van der Waals surface area contributed by atoms with Crippen molar-refractivity contribution >= 4 is 27.8 Å². The van der Waals surface area contributed by atoms with E-state index in [-0.39, 0.29) is 0 Å². The summed E-state index contributed by atoms with van der Waals surface area (Å²) in [5.41, 5.74) is 7.80. The molecule has 0 atom stereocenters. The molecule has 2 aromatic carbocycles. The number of hydrogen-bond donors (Lipinski definition) is 1. The van der Waals surface area contributed by atoms with Crippen LogP contribution in [-0.4, -0.2) is 27.6 Å². The van der Waals surface area contributed by atoms with Crippen LogP contribution >= 0.6 is 11.3 Å². The van der Waals surface area contributed by atoms with Crippen molar-refractivity contribution in [2.75, 3.05) is 23.3 Å². The fourth-order valence-corrected chi connectivity index (χ4v) is 4.56. The van der Waals surface area contributed by atoms with Crippen LogP contribution in [0.2, 0.25) is 0 Å². The molecule has 0 aliphatic rings. The van der Waals surface area contributed by atoms with Crippen LogP contribution in [0, 0.1) is 20.8 Å². The molecule has 5 nitrogen and oxygen atoms in total. The molecule has 2 aromatic heterocycles. The minimum absolute atomic E-state index is 0.902. The third-order valence-corrected chi connectivity index (χ3v) is 6.29. The van der Waals surface area contributed by atoms with Crippen molar-refractivity contribution in [2.45, 2.75) is 34.6 Å². The van der Waals surface area contributed by atoms with Gasteiger partial charge >= 0.3 is 0 Å². The van der Waals surface area contributed by atoms with Gasteiger partial charge in [0.2, 0.25) is 0 Å². The Morgan fingerprint density at radius 3 is 2.32 bits per heavy atom. The number of benzene rings is 2. The fourth-order valence-electron chi connectivity index (χ4n) is 3.82. The van der Waals surface area contributed by atoms with Crippen molar-refractivity contribution in [1.82, 2.24) is 14.5 Å². The lowest BCUT2D eigenvalue weighted by molar-refractivity contribution is 0.866. The summed E-state index contributed by atoms with van der Waals surface area (Å²) in [7, 11) is 0. The molecule has 0 bridgehead atoms. The van der Waals surface area contributed by atoms with E-state index in [1.54, 1.807) is 11.3 Å². The van der Waals surface area contributed by atoms with Gasteiger partial charge in [-0.2, -0.15) is 0 Å². The highest BCUT2D eigenvalue weighted by Gasteiger charge is 2.09. The Morgan fingerprint density at radius 2 is 1.71 bits per heavy atom. The molecule has 0 spiro atoms. The number of hydrogen-bond acceptors (Lipinski definition) is 5. The SMILES string of the molecule is CCN(CC)c1ccc(Nc2nc(-c3ccc(-n4cc(C)nc4C)cc3)cs2)c(C)c1. The summed E-state index contributed by atoms with van der Waals surface area (Å²) >= 11 is 1.63. The van der Waals surface area contributed by atoms with Gasteiger partial charge in [0.25, 0.3) is 0 Å². The van der Waals surface area contributed by atoms with Crippen LogP contribution in [0.4, 0.5) is 16.5 Å². The van der Waals surface area contributed by atoms with Crippen LogP contribution in [0.5, 0.6) is 0 Å². The Balaban J connectivity index is 1.50. The van der Waals surface area contributed by atoms with Gasteiger partial charge < -0.3 is 14.8 Å². The molecule has 0 amide bonds. The molecule has 0 radical (unpaired) electrons. The highest BCUT2D eigenvalue weighted by atomic mass is 32.1. The van der Waals surface area contributed by atoms with Crippen molar-refractivity contribution in [3.63, 3.8) is 0 Å². The largest absolute Gasteiger partial charge is 0.372 e. The zero-order chi connectivity index (χ0) is 22.0. The molecule has 4 rings (SSSR count). The third kappa shape index (κ3) is 4.49. The van der Waals surface area contributed by atoms with Gasteiger partial charge in [-0.05, 0) is 70.5 Å². The number of imidazole rings is 1. The Kier molecular flexibility index (Phi) is 6.09. The standard InChI is InChI=1S/C25H29N5S/c1-6-29(7-2)22-12-13-23(17(3)14-22)27-25-28-24(16-31-25)20-8-10-21(11-9-20)30-15-18(4)26-19(30)5/h8-16H,6-7H2,1-5H3,(H,27,28). The average Bonchev–Trinajstić information content (AvgIpc) is 3.37. The summed E-state index contributed by atoms with van der Waals surface area (Å²) in [6.07, 6.45) is 2.06. The summed E-state index contributed by atoms with van der Waals surface area (Å²) in [4.78, 5) is 11.6. The van der Waals surface area contributed by atoms with E-state index in [0.717, 1.165) is 52.4 Å². The van der Waals surface area contributed by atoms with Gasteiger partial charge in [0.05, 0.1) is 11.4 Å². The van der Waals surface area contributed by atoms with Crippen molar-refractivity contribution in [1.29, 1.82) is 0 Å². The highest BCUT2D eigenvalue weighted by molar-refractivity contribution is 7.14. The maximum atomic E-state index is 4.81. The summed E-state index contributed by atoms with van der Waals surface area (Å²) in [6.45, 7) is 12.6. The van der Waals surface area contributed by atoms with Gasteiger partial charge in [0.1, 0.15) is 5.82 Å². The van der Waals surface area contributed by atoms with Crippen molar-refractivity contribution in [2.24, 2.45) is 0 Å². The molecule has 0 aliphatic heterocycles. The molecule has 0 saturated heterocycles. The van der Waals surface area contributed by atoms with Crippen LogP contribution in [0.1, 0.15) is 30.9 Å². The maximum absolute atomic E-state index is 4.81. The first-order valence-corrected chi connectivity index (χ1v) is 11.6. The molecule has 0 unspecified atom stereocenters. The minimum atomic E-state index is 0.902. The van der Waals surface area contributed by atoms with Crippen LogP contribution in [0.15, 0.2) is 54.0 Å². The van der Waals surface area contributed by atoms with Crippen LogP contribution in [0.25, 0.3) is 16.9 Å². The smallest absolute Gasteiger partial charge is 0.187 e. The first kappa shape index (κ1) is 21.1. The molecular formula is C25H29N5S. The second kappa shape index (κ2) is 8.94. The lowest BCUT2D eigenvalue weighted by Gasteiger charge is -2.22. The highest BCUT2D eigenvalue weighted by Crippen LogP contribution is 2.30. The first-order valence-electron chi connectivity index (χ1n) is 10.7. The second-order valence-electron chi connectivity index (χ2n) is 7.68. The summed E-state index contributed by atoms with van der Waals surface area (Å²) < 4.78 is 2.11. The van der Waals surface area contributed by atoms with E-state index in [4.69, 9.17) is 4.98 Å². The number of nitrogens with zero attached hydrogens (tertiary/aromatic N) is 4. The quantitative estimate of drug-likeness (QED) is 0.362. The molecule has 1 N–H and O–H groups in total. The Morgan fingerprint density at radius 1 is 0.968 bits per heavy atom. The summed E-state index contributed by atoms with van der Waals surface area (Å²) in [5.74, 6) is 0.993. The average molecular weight is 432 g/mol. The normalized spacial score (nSPS) is 11.0. The van der Waals surface area contributed by atoms with E-state index in [9.17, 15) is 0 Å². The van der Waals surface area contributed by atoms with Crippen LogP contribution < -0.4 is 10.2 Å². The van der Waals surface area contributed by atoms with E-state index in [1.165, 1.54) is 11.3 Å². The summed E-state index contributed by atoms with van der Waals surface area (Å²) in [5, 5.41) is 6.49. The lowest BCUT2D eigenvalue weighted by atomic mass is 10.1. The molecule has 0 fully saturated rings. The molecule has 31 heavy (non-hydrogen) atoms. The maximum Gasteiger partial charge on any atom is 0.187 e. The van der Waals surface area contributed by atoms with Crippen molar-refractivity contribution < 1.29 is 0 Å². The number of nitrogens with one attached hydrogen (secondary N) is 1. The third-order valence-electron chi connectivity index (χ3n) is 5.53. The molecule has 160 valence electrons. The van der Waals surface area contributed by atoms with Gasteiger partial charge in [-0.1, -0.05) is 12.1 Å². The molecule has 0 aliphatic carbocycles. The number of anilines is 3. The van der Waals surface area contributed by atoms with Gasteiger partial charge in [-0.3, -0.25) is 0 Å². The lowest BCUT2D eigenvalue weighted by Crippen LogP contribution is -2.21. The number of aryl methyl sites for hydroxylation is 3. The van der Waals surface area contributed by atoms with E-state index in [0.29, 0.717) is 0 Å².